The zero-order valence-electron chi connectivity index (χ0n) is 11.7. The van der Waals surface area contributed by atoms with Gasteiger partial charge in [-0.1, -0.05) is 0 Å². The van der Waals surface area contributed by atoms with Crippen molar-refractivity contribution in [1.29, 1.82) is 0 Å². The molecule has 0 aromatic carbocycles. The van der Waals surface area contributed by atoms with E-state index in [-0.39, 0.29) is 24.0 Å². The lowest BCUT2D eigenvalue weighted by Crippen LogP contribution is -2.58. The van der Waals surface area contributed by atoms with Crippen LogP contribution in [0.15, 0.2) is 0 Å². The molecular weight excluding hydrogens is 320 g/mol. The van der Waals surface area contributed by atoms with E-state index in [9.17, 15) is 35.7 Å². The zero-order chi connectivity index (χ0) is 16.4. The lowest BCUT2D eigenvalue weighted by molar-refractivity contribution is -0.276. The number of aliphatic hydroxyl groups is 7. The van der Waals surface area contributed by atoms with Crippen molar-refractivity contribution in [2.45, 2.75) is 60.9 Å². The largest absolute Gasteiger partial charge is 0.394 e. The monoisotopic (exact) mass is 342 g/mol. The highest BCUT2D eigenvalue weighted by Gasteiger charge is 2.44. The Balaban J connectivity index is 1.91. The fraction of sp³-hybridized carbons (Fsp3) is 1.00. The highest BCUT2D eigenvalue weighted by atomic mass is 32.2. The van der Waals surface area contributed by atoms with Gasteiger partial charge in [0.05, 0.1) is 18.8 Å². The smallest absolute Gasteiger partial charge is 0.183 e. The minimum atomic E-state index is -1.60. The molecule has 2 heterocycles. The van der Waals surface area contributed by atoms with Gasteiger partial charge in [0.15, 0.2) is 12.6 Å². The third kappa shape index (κ3) is 3.90. The second-order valence-corrected chi connectivity index (χ2v) is 6.73. The van der Waals surface area contributed by atoms with Gasteiger partial charge in [-0.2, -0.15) is 11.8 Å². The van der Waals surface area contributed by atoms with Crippen LogP contribution in [0.4, 0.5) is 0 Å². The lowest BCUT2D eigenvalue weighted by Gasteiger charge is -2.40. The number of thioether (sulfide) groups is 1. The molecule has 2 rings (SSSR count). The molecule has 0 aliphatic carbocycles. The van der Waals surface area contributed by atoms with Crippen LogP contribution >= 0.6 is 11.8 Å². The summed E-state index contributed by atoms with van der Waals surface area (Å²) in [5, 5.41) is 66.2. The maximum Gasteiger partial charge on any atom is 0.183 e. The maximum atomic E-state index is 9.84. The molecule has 22 heavy (non-hydrogen) atoms. The normalized spacial score (nSPS) is 50.0. The molecule has 0 radical (unpaired) electrons. The summed E-state index contributed by atoms with van der Waals surface area (Å²) in [5.74, 6) is 0.134. The molecule has 0 amide bonds. The van der Waals surface area contributed by atoms with E-state index in [0.717, 1.165) is 0 Å². The van der Waals surface area contributed by atoms with Crippen molar-refractivity contribution in [2.24, 2.45) is 0 Å². The van der Waals surface area contributed by atoms with Crippen LogP contribution in [0.5, 0.6) is 0 Å². The van der Waals surface area contributed by atoms with Gasteiger partial charge in [-0.25, -0.2) is 0 Å². The minimum Gasteiger partial charge on any atom is -0.394 e. The van der Waals surface area contributed by atoms with Gasteiger partial charge in [-0.3, -0.25) is 0 Å². The Kier molecular flexibility index (Phi) is 6.42. The van der Waals surface area contributed by atoms with Crippen LogP contribution in [-0.2, 0) is 9.47 Å². The summed E-state index contributed by atoms with van der Waals surface area (Å²) < 4.78 is 10.1. The van der Waals surface area contributed by atoms with Crippen molar-refractivity contribution < 1.29 is 45.2 Å². The number of hydrogen-bond donors (Lipinski definition) is 7. The molecule has 0 saturated carbocycles. The molecular formula is C12H22O9S. The first-order valence-electron chi connectivity index (χ1n) is 6.97. The van der Waals surface area contributed by atoms with E-state index in [2.05, 4.69) is 0 Å². The van der Waals surface area contributed by atoms with E-state index in [4.69, 9.17) is 9.47 Å². The SMILES string of the molecule is OC[C@H]1OC(O)[C@H](O)C[C@H]1SC[C@H]1OC(O)[C@H](O)[C@@H](O)[C@H]1O. The predicted molar refractivity (Wildman–Crippen MR) is 73.7 cm³/mol. The highest BCUT2D eigenvalue weighted by molar-refractivity contribution is 8.00. The molecule has 2 aliphatic rings. The molecule has 0 aromatic heterocycles. The second kappa shape index (κ2) is 7.71. The van der Waals surface area contributed by atoms with Crippen LogP contribution in [0.2, 0.25) is 0 Å². The molecule has 10 heteroatoms. The Morgan fingerprint density at radius 3 is 2.09 bits per heavy atom. The number of ether oxygens (including phenoxy) is 2. The van der Waals surface area contributed by atoms with Crippen molar-refractivity contribution in [3.8, 4) is 0 Å². The Hall–Kier alpha value is -0.0100. The molecule has 130 valence electrons. The zero-order valence-corrected chi connectivity index (χ0v) is 12.5. The van der Waals surface area contributed by atoms with Crippen LogP contribution in [-0.4, -0.2) is 103 Å². The number of rotatable bonds is 4. The fourth-order valence-electron chi connectivity index (χ4n) is 2.49. The van der Waals surface area contributed by atoms with Crippen molar-refractivity contribution in [3.05, 3.63) is 0 Å². The molecule has 0 spiro atoms. The molecule has 2 unspecified atom stereocenters. The van der Waals surface area contributed by atoms with Gasteiger partial charge < -0.3 is 45.2 Å². The Bertz CT molecular complexity index is 351. The molecule has 2 fully saturated rings. The van der Waals surface area contributed by atoms with E-state index in [1.165, 1.54) is 11.8 Å². The Labute approximate surface area is 131 Å². The summed E-state index contributed by atoms with van der Waals surface area (Å²) in [7, 11) is 0. The van der Waals surface area contributed by atoms with E-state index in [1.54, 1.807) is 0 Å². The molecule has 7 N–H and O–H groups in total. The average Bonchev–Trinajstić information content (AvgIpc) is 2.50. The van der Waals surface area contributed by atoms with Gasteiger partial charge in [-0.05, 0) is 6.42 Å². The van der Waals surface area contributed by atoms with Gasteiger partial charge in [0.2, 0.25) is 0 Å². The summed E-state index contributed by atoms with van der Waals surface area (Å²) in [5.41, 5.74) is 0. The summed E-state index contributed by atoms with van der Waals surface area (Å²) >= 11 is 1.21. The van der Waals surface area contributed by atoms with E-state index in [1.807, 2.05) is 0 Å². The first-order chi connectivity index (χ1) is 10.3. The molecule has 9 atom stereocenters. The first kappa shape index (κ1) is 18.3. The molecule has 2 saturated heterocycles. The average molecular weight is 342 g/mol. The summed E-state index contributed by atoms with van der Waals surface area (Å²) in [6.45, 7) is -0.348. The predicted octanol–water partition coefficient (Wildman–Crippen LogP) is -3.65. The quantitative estimate of drug-likeness (QED) is 0.271. The van der Waals surface area contributed by atoms with Gasteiger partial charge in [-0.15, -0.1) is 0 Å². The lowest BCUT2D eigenvalue weighted by atomic mass is 10.0. The van der Waals surface area contributed by atoms with Crippen LogP contribution in [0.1, 0.15) is 6.42 Å². The molecule has 0 aromatic rings. The molecule has 0 bridgehead atoms. The van der Waals surface area contributed by atoms with Gasteiger partial charge in [0, 0.05) is 11.0 Å². The van der Waals surface area contributed by atoms with Crippen molar-refractivity contribution in [2.75, 3.05) is 12.4 Å². The summed E-state index contributed by atoms with van der Waals surface area (Å²) in [4.78, 5) is 0. The van der Waals surface area contributed by atoms with Crippen molar-refractivity contribution in [3.63, 3.8) is 0 Å². The standard InChI is InChI=1S/C12H22O9S/c13-2-5-7(1-4(14)11(18)20-5)22-3-6-8(15)9(16)10(17)12(19)21-6/h4-19H,1-3H2/t4-,5-,6-,7-,8+,9+,10-,11?,12?/m1/s1. The Morgan fingerprint density at radius 1 is 0.818 bits per heavy atom. The number of aliphatic hydroxyl groups excluding tert-OH is 7. The van der Waals surface area contributed by atoms with E-state index < -0.39 is 49.2 Å². The highest BCUT2D eigenvalue weighted by Crippen LogP contribution is 2.31. The number of hydrogen-bond acceptors (Lipinski definition) is 10. The second-order valence-electron chi connectivity index (χ2n) is 5.46. The van der Waals surface area contributed by atoms with Crippen molar-refractivity contribution in [1.82, 2.24) is 0 Å². The minimum absolute atomic E-state index is 0.134. The van der Waals surface area contributed by atoms with E-state index in [0.29, 0.717) is 0 Å². The first-order valence-corrected chi connectivity index (χ1v) is 8.01. The van der Waals surface area contributed by atoms with Crippen LogP contribution in [0.3, 0.4) is 0 Å². The van der Waals surface area contributed by atoms with Crippen LogP contribution in [0, 0.1) is 0 Å². The third-order valence-corrected chi connectivity index (χ3v) is 5.32. The van der Waals surface area contributed by atoms with Gasteiger partial charge in [0.1, 0.15) is 24.4 Å². The van der Waals surface area contributed by atoms with Crippen LogP contribution < -0.4 is 0 Å². The summed E-state index contributed by atoms with van der Waals surface area (Å²) in [6.07, 6.45) is -9.99. The topological polar surface area (TPSA) is 160 Å². The summed E-state index contributed by atoms with van der Waals surface area (Å²) in [6, 6.07) is 0. The maximum absolute atomic E-state index is 9.84. The van der Waals surface area contributed by atoms with Crippen LogP contribution in [0.25, 0.3) is 0 Å². The third-order valence-electron chi connectivity index (χ3n) is 3.87. The van der Waals surface area contributed by atoms with Crippen molar-refractivity contribution >= 4 is 11.8 Å². The van der Waals surface area contributed by atoms with Gasteiger partial charge >= 0.3 is 0 Å². The molecule has 2 aliphatic heterocycles. The Morgan fingerprint density at radius 2 is 1.45 bits per heavy atom. The van der Waals surface area contributed by atoms with Gasteiger partial charge in [0.25, 0.3) is 0 Å². The fourth-order valence-corrected chi connectivity index (χ4v) is 3.90. The van der Waals surface area contributed by atoms with E-state index >= 15 is 0 Å². The molecule has 9 nitrogen and oxygen atoms in total.